The van der Waals surface area contributed by atoms with Gasteiger partial charge in [0.15, 0.2) is 5.82 Å². The second-order valence-corrected chi connectivity index (χ2v) is 7.28. The summed E-state index contributed by atoms with van der Waals surface area (Å²) in [6, 6.07) is 8.83. The van der Waals surface area contributed by atoms with Crippen molar-refractivity contribution in [1.82, 2.24) is 19.7 Å². The minimum atomic E-state index is -4.93. The van der Waals surface area contributed by atoms with E-state index in [2.05, 4.69) is 20.4 Å². The minimum Gasteiger partial charge on any atom is -0.396 e. The number of aliphatic hydroxyl groups excluding tert-OH is 1. The summed E-state index contributed by atoms with van der Waals surface area (Å²) in [6.07, 6.45) is -2.36. The zero-order valence-corrected chi connectivity index (χ0v) is 17.7. The molecule has 2 heterocycles. The molecule has 0 fully saturated rings. The SMILES string of the molecule is O=C(Nc1cc(CCO)nn1-c1ccc(F)cc1)c1cc(-c2ncccn2)c(C(F)(F)F)cc1F. The number of anilines is 1. The third-order valence-corrected chi connectivity index (χ3v) is 4.90. The number of nitrogens with zero attached hydrogens (tertiary/aromatic N) is 4. The second kappa shape index (κ2) is 9.58. The van der Waals surface area contributed by atoms with Crippen LogP contribution >= 0.6 is 0 Å². The number of rotatable bonds is 6. The van der Waals surface area contributed by atoms with Crippen molar-refractivity contribution in [2.24, 2.45) is 0 Å². The molecule has 0 bridgehead atoms. The molecule has 1 amide bonds. The molecule has 0 atom stereocenters. The third-order valence-electron chi connectivity index (χ3n) is 4.90. The Balaban J connectivity index is 1.76. The molecule has 0 aliphatic heterocycles. The molecule has 0 aliphatic carbocycles. The summed E-state index contributed by atoms with van der Waals surface area (Å²) < 4.78 is 70.0. The van der Waals surface area contributed by atoms with E-state index in [1.165, 1.54) is 41.3 Å². The summed E-state index contributed by atoms with van der Waals surface area (Å²) >= 11 is 0. The van der Waals surface area contributed by atoms with Crippen molar-refractivity contribution in [2.45, 2.75) is 12.6 Å². The van der Waals surface area contributed by atoms with Gasteiger partial charge in [0.05, 0.1) is 22.5 Å². The van der Waals surface area contributed by atoms with Crippen LogP contribution in [-0.4, -0.2) is 37.4 Å². The largest absolute Gasteiger partial charge is 0.417 e. The standard InChI is InChI=1S/C23H16F5N5O2/c24-13-2-4-15(5-3-13)33-20(10-14(32-33)6-9-34)31-22(35)17-11-16(21-29-7-1-8-30-21)18(12-19(17)25)23(26,27)28/h1-5,7-8,10-12,34H,6,9H2,(H,31,35). The smallest absolute Gasteiger partial charge is 0.396 e. The molecule has 2 aromatic heterocycles. The van der Waals surface area contributed by atoms with Crippen LogP contribution in [0.4, 0.5) is 27.8 Å². The highest BCUT2D eigenvalue weighted by Gasteiger charge is 2.36. The molecule has 35 heavy (non-hydrogen) atoms. The molecule has 0 radical (unpaired) electrons. The molecule has 0 aliphatic rings. The highest BCUT2D eigenvalue weighted by molar-refractivity contribution is 6.05. The number of carbonyl (C=O) groups excluding carboxylic acids is 1. The van der Waals surface area contributed by atoms with Crippen molar-refractivity contribution in [3.63, 3.8) is 0 Å². The van der Waals surface area contributed by atoms with Gasteiger partial charge in [-0.3, -0.25) is 4.79 Å². The molecule has 2 N–H and O–H groups in total. The van der Waals surface area contributed by atoms with Crippen LogP contribution in [0.15, 0.2) is 60.9 Å². The van der Waals surface area contributed by atoms with Gasteiger partial charge in [-0.25, -0.2) is 23.4 Å². The van der Waals surface area contributed by atoms with Crippen LogP contribution in [0.1, 0.15) is 21.6 Å². The maximum atomic E-state index is 14.7. The summed E-state index contributed by atoms with van der Waals surface area (Å²) in [6.45, 7) is -0.248. The highest BCUT2D eigenvalue weighted by atomic mass is 19.4. The number of alkyl halides is 3. The van der Waals surface area contributed by atoms with Crippen molar-refractivity contribution in [3.8, 4) is 17.1 Å². The van der Waals surface area contributed by atoms with E-state index >= 15 is 0 Å². The maximum Gasteiger partial charge on any atom is 0.417 e. The Labute approximate surface area is 194 Å². The van der Waals surface area contributed by atoms with Gasteiger partial charge >= 0.3 is 6.18 Å². The summed E-state index contributed by atoms with van der Waals surface area (Å²) in [4.78, 5) is 20.5. The van der Waals surface area contributed by atoms with Crippen LogP contribution in [0.5, 0.6) is 0 Å². The van der Waals surface area contributed by atoms with Crippen molar-refractivity contribution in [1.29, 1.82) is 0 Å². The predicted molar refractivity (Wildman–Crippen MR) is 115 cm³/mol. The van der Waals surface area contributed by atoms with Crippen LogP contribution in [0.2, 0.25) is 0 Å². The summed E-state index contributed by atoms with van der Waals surface area (Å²) in [5.41, 5.74) is -1.89. The summed E-state index contributed by atoms with van der Waals surface area (Å²) in [5, 5.41) is 15.9. The lowest BCUT2D eigenvalue weighted by molar-refractivity contribution is -0.137. The van der Waals surface area contributed by atoms with Crippen LogP contribution in [0, 0.1) is 11.6 Å². The van der Waals surface area contributed by atoms with E-state index in [-0.39, 0.29) is 30.7 Å². The normalized spacial score (nSPS) is 11.5. The van der Waals surface area contributed by atoms with Crippen LogP contribution < -0.4 is 5.32 Å². The molecule has 12 heteroatoms. The topological polar surface area (TPSA) is 92.9 Å². The quantitative estimate of drug-likeness (QED) is 0.392. The Morgan fingerprint density at radius 3 is 2.34 bits per heavy atom. The average molecular weight is 489 g/mol. The maximum absolute atomic E-state index is 14.7. The van der Waals surface area contributed by atoms with Crippen LogP contribution in [0.3, 0.4) is 0 Å². The summed E-state index contributed by atoms with van der Waals surface area (Å²) in [5.74, 6) is -3.29. The predicted octanol–water partition coefficient (Wildman–Crippen LogP) is 4.41. The van der Waals surface area contributed by atoms with Crippen molar-refractivity contribution in [3.05, 3.63) is 89.4 Å². The average Bonchev–Trinajstić information content (AvgIpc) is 3.21. The molecule has 2 aromatic carbocycles. The van der Waals surface area contributed by atoms with Gasteiger partial charge in [0, 0.05) is 37.1 Å². The molecule has 0 spiro atoms. The molecular weight excluding hydrogens is 473 g/mol. The van der Waals surface area contributed by atoms with Crippen molar-refractivity contribution >= 4 is 11.7 Å². The molecule has 4 aromatic rings. The molecule has 0 unspecified atom stereocenters. The van der Waals surface area contributed by atoms with E-state index in [1.54, 1.807) is 0 Å². The Hall–Kier alpha value is -4.19. The molecule has 7 nitrogen and oxygen atoms in total. The van der Waals surface area contributed by atoms with Crippen LogP contribution in [-0.2, 0) is 12.6 Å². The number of benzene rings is 2. The van der Waals surface area contributed by atoms with E-state index in [9.17, 15) is 31.9 Å². The first-order valence-corrected chi connectivity index (χ1v) is 10.1. The fourth-order valence-electron chi connectivity index (χ4n) is 3.32. The number of amides is 1. The lowest BCUT2D eigenvalue weighted by Gasteiger charge is -2.15. The number of aromatic nitrogens is 4. The van der Waals surface area contributed by atoms with Crippen LogP contribution in [0.25, 0.3) is 17.1 Å². The molecule has 0 saturated heterocycles. The number of aliphatic hydroxyl groups is 1. The van der Waals surface area contributed by atoms with E-state index in [0.29, 0.717) is 11.4 Å². The van der Waals surface area contributed by atoms with Gasteiger partial charge in [-0.15, -0.1) is 0 Å². The number of halogens is 5. The van der Waals surface area contributed by atoms with Crippen molar-refractivity contribution in [2.75, 3.05) is 11.9 Å². The van der Waals surface area contributed by atoms with Gasteiger partial charge < -0.3 is 10.4 Å². The number of hydrogen-bond acceptors (Lipinski definition) is 5. The van der Waals surface area contributed by atoms with E-state index in [4.69, 9.17) is 0 Å². The first-order chi connectivity index (χ1) is 16.7. The lowest BCUT2D eigenvalue weighted by atomic mass is 10.0. The number of nitrogens with one attached hydrogen (secondary N) is 1. The fraction of sp³-hybridized carbons (Fsp3) is 0.130. The van der Waals surface area contributed by atoms with Gasteiger partial charge in [0.25, 0.3) is 5.91 Å². The van der Waals surface area contributed by atoms with Crippen molar-refractivity contribution < 1.29 is 31.9 Å². The first kappa shape index (κ1) is 24.0. The van der Waals surface area contributed by atoms with E-state index in [0.717, 1.165) is 18.2 Å². The Bertz CT molecular complexity index is 1360. The lowest BCUT2D eigenvalue weighted by Crippen LogP contribution is -2.18. The summed E-state index contributed by atoms with van der Waals surface area (Å²) in [7, 11) is 0. The van der Waals surface area contributed by atoms with Gasteiger partial charge in [0.2, 0.25) is 0 Å². The zero-order valence-electron chi connectivity index (χ0n) is 17.7. The molecule has 4 rings (SSSR count). The Morgan fingerprint density at radius 2 is 1.71 bits per heavy atom. The first-order valence-electron chi connectivity index (χ1n) is 10.1. The Kier molecular flexibility index (Phi) is 6.56. The minimum absolute atomic E-state index is 0.0295. The molecular formula is C23H16F5N5O2. The molecule has 180 valence electrons. The van der Waals surface area contributed by atoms with Gasteiger partial charge in [0.1, 0.15) is 17.5 Å². The third kappa shape index (κ3) is 5.17. The van der Waals surface area contributed by atoms with E-state index < -0.39 is 40.4 Å². The Morgan fingerprint density at radius 1 is 1.03 bits per heavy atom. The number of carbonyl (C=O) groups is 1. The monoisotopic (exact) mass is 489 g/mol. The second-order valence-electron chi connectivity index (χ2n) is 7.28. The molecule has 0 saturated carbocycles. The number of hydrogen-bond donors (Lipinski definition) is 2. The van der Waals surface area contributed by atoms with Gasteiger partial charge in [-0.05, 0) is 42.5 Å². The fourth-order valence-corrected chi connectivity index (χ4v) is 3.32. The van der Waals surface area contributed by atoms with E-state index in [1.807, 2.05) is 0 Å². The zero-order chi connectivity index (χ0) is 25.2. The van der Waals surface area contributed by atoms with Gasteiger partial charge in [-0.2, -0.15) is 18.3 Å². The van der Waals surface area contributed by atoms with Gasteiger partial charge in [-0.1, -0.05) is 0 Å². The highest BCUT2D eigenvalue weighted by Crippen LogP contribution is 2.37.